The highest BCUT2D eigenvalue weighted by Gasteiger charge is 2.60. The van der Waals surface area contributed by atoms with Crippen LogP contribution >= 0.6 is 0 Å². The van der Waals surface area contributed by atoms with Crippen molar-refractivity contribution < 1.29 is 9.53 Å². The van der Waals surface area contributed by atoms with Crippen molar-refractivity contribution in [1.82, 2.24) is 29.2 Å². The van der Waals surface area contributed by atoms with Crippen LogP contribution in [-0.4, -0.2) is 35.0 Å². The molecular formula is C33H33N7O2. The van der Waals surface area contributed by atoms with E-state index in [0.29, 0.717) is 35.8 Å². The Hall–Kier alpha value is -4.53. The summed E-state index contributed by atoms with van der Waals surface area (Å²) in [6.07, 6.45) is 15.2. The van der Waals surface area contributed by atoms with E-state index in [9.17, 15) is 4.79 Å². The van der Waals surface area contributed by atoms with E-state index in [1.807, 2.05) is 41.9 Å². The smallest absolute Gasteiger partial charge is 0.158 e. The quantitative estimate of drug-likeness (QED) is 0.212. The van der Waals surface area contributed by atoms with Crippen molar-refractivity contribution >= 4 is 28.5 Å². The van der Waals surface area contributed by atoms with Crippen molar-refractivity contribution in [2.75, 3.05) is 5.32 Å². The monoisotopic (exact) mass is 559 g/mol. The van der Waals surface area contributed by atoms with E-state index in [1.165, 1.54) is 43.7 Å². The molecule has 5 atom stereocenters. The molecule has 5 aromatic rings. The molecule has 212 valence electrons. The number of fused-ring (bicyclic) bond motifs is 3. The Morgan fingerprint density at radius 1 is 1.07 bits per heavy atom. The van der Waals surface area contributed by atoms with Crippen molar-refractivity contribution in [2.24, 2.45) is 23.2 Å². The van der Waals surface area contributed by atoms with Crippen LogP contribution in [0.2, 0.25) is 0 Å². The molecule has 9 heteroatoms. The molecule has 1 aromatic carbocycles. The van der Waals surface area contributed by atoms with E-state index >= 15 is 0 Å². The number of hydrogen-bond acceptors (Lipinski definition) is 7. The minimum atomic E-state index is 0.214. The maximum absolute atomic E-state index is 12.3. The predicted octanol–water partition coefficient (Wildman–Crippen LogP) is 6.67. The number of hydrogen-bond donors (Lipinski definition) is 1. The highest BCUT2D eigenvalue weighted by molar-refractivity contribution is 5.89. The van der Waals surface area contributed by atoms with Gasteiger partial charge in [0.2, 0.25) is 0 Å². The maximum Gasteiger partial charge on any atom is 0.158 e. The number of aromatic nitrogens is 6. The van der Waals surface area contributed by atoms with E-state index in [0.717, 1.165) is 40.4 Å². The summed E-state index contributed by atoms with van der Waals surface area (Å²) in [6, 6.07) is 12.1. The zero-order valence-electron chi connectivity index (χ0n) is 23.6. The highest BCUT2D eigenvalue weighted by Crippen LogP contribution is 2.69. The molecule has 42 heavy (non-hydrogen) atoms. The number of ether oxygens (including phenoxy) is 1. The molecule has 3 aliphatic rings. The SMILES string of the molecule is C=CC(=O)CC12CC3CC(c4ccn5ncnc(Nc6ccc(Oc7ccn8ncnc8c7)c(C)c6)c45)CC(C1)C2C3. The van der Waals surface area contributed by atoms with Crippen LogP contribution < -0.4 is 10.1 Å². The summed E-state index contributed by atoms with van der Waals surface area (Å²) in [5.41, 5.74) is 5.29. The van der Waals surface area contributed by atoms with Crippen LogP contribution in [0.15, 0.2) is 74.1 Å². The first kappa shape index (κ1) is 25.2. The number of pyridine rings is 1. The zero-order valence-corrected chi connectivity index (χ0v) is 23.6. The summed E-state index contributed by atoms with van der Waals surface area (Å²) < 4.78 is 9.83. The fourth-order valence-corrected chi connectivity index (χ4v) is 8.45. The number of rotatable bonds is 8. The topological polar surface area (TPSA) is 98.7 Å². The van der Waals surface area contributed by atoms with Crippen LogP contribution in [0.5, 0.6) is 11.5 Å². The largest absolute Gasteiger partial charge is 0.457 e. The molecule has 4 aromatic heterocycles. The van der Waals surface area contributed by atoms with E-state index in [2.05, 4.69) is 45.4 Å². The van der Waals surface area contributed by atoms with Gasteiger partial charge in [-0.25, -0.2) is 19.0 Å². The summed E-state index contributed by atoms with van der Waals surface area (Å²) in [5.74, 6) is 5.02. The summed E-state index contributed by atoms with van der Waals surface area (Å²) in [5, 5.41) is 12.2. The van der Waals surface area contributed by atoms with Crippen molar-refractivity contribution in [2.45, 2.75) is 51.4 Å². The van der Waals surface area contributed by atoms with Crippen molar-refractivity contribution in [3.8, 4) is 11.5 Å². The average molecular weight is 560 g/mol. The average Bonchev–Trinajstić information content (AvgIpc) is 3.66. The molecule has 0 aliphatic heterocycles. The fraction of sp³-hybridized carbons (Fsp3) is 0.364. The van der Waals surface area contributed by atoms with Crippen LogP contribution in [-0.2, 0) is 4.79 Å². The third-order valence-corrected chi connectivity index (χ3v) is 10.1. The second-order valence-electron chi connectivity index (χ2n) is 12.6. The van der Waals surface area contributed by atoms with Crippen molar-refractivity contribution in [3.63, 3.8) is 0 Å². The first-order valence-electron chi connectivity index (χ1n) is 14.8. The third-order valence-electron chi connectivity index (χ3n) is 10.1. The number of nitrogens with zero attached hydrogens (tertiary/aromatic N) is 6. The first-order valence-corrected chi connectivity index (χ1v) is 14.8. The number of benzene rings is 1. The maximum atomic E-state index is 12.3. The van der Waals surface area contributed by atoms with Crippen LogP contribution in [0.4, 0.5) is 11.5 Å². The molecule has 3 saturated carbocycles. The molecule has 5 unspecified atom stereocenters. The van der Waals surface area contributed by atoms with E-state index < -0.39 is 0 Å². The van der Waals surface area contributed by atoms with Crippen LogP contribution in [0.1, 0.15) is 55.6 Å². The molecule has 0 spiro atoms. The first-order chi connectivity index (χ1) is 20.5. The Bertz CT molecular complexity index is 1850. The Morgan fingerprint density at radius 3 is 2.81 bits per heavy atom. The van der Waals surface area contributed by atoms with Crippen molar-refractivity contribution in [1.29, 1.82) is 0 Å². The van der Waals surface area contributed by atoms with E-state index in [4.69, 9.17) is 9.72 Å². The second-order valence-corrected chi connectivity index (χ2v) is 12.6. The third kappa shape index (κ3) is 4.09. The summed E-state index contributed by atoms with van der Waals surface area (Å²) in [7, 11) is 0. The second kappa shape index (κ2) is 9.51. The lowest BCUT2D eigenvalue weighted by molar-refractivity contribution is -0.122. The standard InChI is InChI=1S/C33H33N7O2/c1-3-25(41)17-33-15-21-11-22(13-23(16-33)28(33)12-21)27-7-9-40-31(27)32(35-19-37-40)38-24-4-5-29(20(2)10-24)42-26-6-8-39-30(14-26)34-18-36-39/h3-10,14,18-19,21-23,28H,1,11-13,15-17H2,2H3,(H,35,37,38). The number of aryl methyl sites for hydroxylation is 1. The number of nitrogens with one attached hydrogen (secondary N) is 1. The molecule has 4 heterocycles. The van der Waals surface area contributed by atoms with Gasteiger partial charge in [0.05, 0.1) is 0 Å². The number of carbonyl (C=O) groups excluding carboxylic acids is 1. The summed E-state index contributed by atoms with van der Waals surface area (Å²) >= 11 is 0. The number of carbonyl (C=O) groups is 1. The number of ketones is 1. The van der Waals surface area contributed by atoms with Gasteiger partial charge in [-0.05, 0) is 116 Å². The van der Waals surface area contributed by atoms with Crippen LogP contribution in [0.25, 0.3) is 11.2 Å². The molecule has 3 aliphatic carbocycles. The van der Waals surface area contributed by atoms with Gasteiger partial charge in [-0.3, -0.25) is 4.79 Å². The number of allylic oxidation sites excluding steroid dienone is 1. The van der Waals surface area contributed by atoms with Gasteiger partial charge >= 0.3 is 0 Å². The van der Waals surface area contributed by atoms with Gasteiger partial charge in [-0.2, -0.15) is 10.2 Å². The molecule has 2 bridgehead atoms. The fourth-order valence-electron chi connectivity index (χ4n) is 8.45. The van der Waals surface area contributed by atoms with Gasteiger partial charge in [-0.15, -0.1) is 0 Å². The van der Waals surface area contributed by atoms with Crippen LogP contribution in [0.3, 0.4) is 0 Å². The Kier molecular flexibility index (Phi) is 5.70. The van der Waals surface area contributed by atoms with Gasteiger partial charge in [0.1, 0.15) is 29.7 Å². The molecular weight excluding hydrogens is 526 g/mol. The van der Waals surface area contributed by atoms with Gasteiger partial charge in [0.25, 0.3) is 0 Å². The Balaban J connectivity index is 1.03. The molecule has 8 rings (SSSR count). The Labute approximate surface area is 243 Å². The minimum Gasteiger partial charge on any atom is -0.457 e. The minimum absolute atomic E-state index is 0.214. The van der Waals surface area contributed by atoms with E-state index in [-0.39, 0.29) is 11.2 Å². The van der Waals surface area contributed by atoms with Gasteiger partial charge in [0, 0.05) is 30.6 Å². The van der Waals surface area contributed by atoms with Gasteiger partial charge in [0.15, 0.2) is 17.2 Å². The lowest BCUT2D eigenvalue weighted by Gasteiger charge is -2.53. The number of anilines is 2. The zero-order chi connectivity index (χ0) is 28.4. The molecule has 0 amide bonds. The molecule has 9 nitrogen and oxygen atoms in total. The van der Waals surface area contributed by atoms with Crippen LogP contribution in [0, 0.1) is 30.1 Å². The predicted molar refractivity (Wildman–Crippen MR) is 159 cm³/mol. The molecule has 0 radical (unpaired) electrons. The lowest BCUT2D eigenvalue weighted by Crippen LogP contribution is -2.46. The normalized spacial score (nSPS) is 26.1. The summed E-state index contributed by atoms with van der Waals surface area (Å²) in [6.45, 7) is 5.76. The van der Waals surface area contributed by atoms with E-state index in [1.54, 1.807) is 10.8 Å². The lowest BCUT2D eigenvalue weighted by atomic mass is 9.51. The molecule has 1 N–H and O–H groups in total. The Morgan fingerprint density at radius 2 is 1.93 bits per heavy atom. The summed E-state index contributed by atoms with van der Waals surface area (Å²) in [4.78, 5) is 21.2. The highest BCUT2D eigenvalue weighted by atomic mass is 16.5. The van der Waals surface area contributed by atoms with Gasteiger partial charge < -0.3 is 10.1 Å². The van der Waals surface area contributed by atoms with Crippen molar-refractivity contribution in [3.05, 3.63) is 85.2 Å². The van der Waals surface area contributed by atoms with Gasteiger partial charge in [-0.1, -0.05) is 6.58 Å². The molecule has 3 fully saturated rings. The molecule has 0 saturated heterocycles.